The summed E-state index contributed by atoms with van der Waals surface area (Å²) in [6, 6.07) is 14.5. The molecule has 1 aromatic heterocycles. The van der Waals surface area contributed by atoms with Gasteiger partial charge >= 0.3 is 0 Å². The summed E-state index contributed by atoms with van der Waals surface area (Å²) < 4.78 is 6.09. The Morgan fingerprint density at radius 1 is 0.950 bits per heavy atom. The summed E-state index contributed by atoms with van der Waals surface area (Å²) in [5, 5.41) is 2.35. The Morgan fingerprint density at radius 3 is 2.55 bits per heavy atom. The van der Waals surface area contributed by atoms with Gasteiger partial charge in [0, 0.05) is 30.2 Å². The van der Waals surface area contributed by atoms with Gasteiger partial charge < -0.3 is 14.2 Å². The maximum atomic E-state index is 6.09. The van der Waals surface area contributed by atoms with E-state index in [0.717, 1.165) is 16.9 Å². The highest BCUT2D eigenvalue weighted by molar-refractivity contribution is 6.09. The SMILES string of the molecule is CC1N(C)C=CN1c1cccc2c1oc1ccccc12. The average Bonchev–Trinajstić information content (AvgIpc) is 3.01. The van der Waals surface area contributed by atoms with Crippen LogP contribution in [0.1, 0.15) is 6.92 Å². The van der Waals surface area contributed by atoms with Gasteiger partial charge in [0.2, 0.25) is 0 Å². The maximum Gasteiger partial charge on any atom is 0.159 e. The topological polar surface area (TPSA) is 19.6 Å². The van der Waals surface area contributed by atoms with E-state index in [1.807, 2.05) is 12.1 Å². The van der Waals surface area contributed by atoms with Gasteiger partial charge in [0.15, 0.2) is 5.58 Å². The zero-order valence-electron chi connectivity index (χ0n) is 11.6. The lowest BCUT2D eigenvalue weighted by Crippen LogP contribution is -2.33. The molecule has 0 fully saturated rings. The Balaban J connectivity index is 1.99. The smallest absolute Gasteiger partial charge is 0.159 e. The summed E-state index contributed by atoms with van der Waals surface area (Å²) in [7, 11) is 2.08. The molecule has 2 heterocycles. The van der Waals surface area contributed by atoms with Crippen LogP contribution >= 0.6 is 0 Å². The molecule has 1 aliphatic rings. The van der Waals surface area contributed by atoms with E-state index in [2.05, 4.69) is 66.5 Å². The number of benzene rings is 2. The van der Waals surface area contributed by atoms with E-state index < -0.39 is 0 Å². The van der Waals surface area contributed by atoms with Crippen molar-refractivity contribution in [1.82, 2.24) is 4.90 Å². The molecule has 100 valence electrons. The Bertz CT molecular complexity index is 818. The van der Waals surface area contributed by atoms with Crippen LogP contribution in [-0.2, 0) is 0 Å². The minimum atomic E-state index is 0.300. The number of hydrogen-bond acceptors (Lipinski definition) is 3. The fourth-order valence-electron chi connectivity index (χ4n) is 2.84. The quantitative estimate of drug-likeness (QED) is 0.658. The molecule has 4 rings (SSSR count). The van der Waals surface area contributed by atoms with Crippen molar-refractivity contribution in [2.45, 2.75) is 13.1 Å². The number of hydrogen-bond donors (Lipinski definition) is 0. The number of anilines is 1. The van der Waals surface area contributed by atoms with Crippen LogP contribution in [-0.4, -0.2) is 18.1 Å². The molecule has 0 N–H and O–H groups in total. The van der Waals surface area contributed by atoms with E-state index in [-0.39, 0.29) is 0 Å². The van der Waals surface area contributed by atoms with Crippen molar-refractivity contribution in [3.63, 3.8) is 0 Å². The molecule has 0 amide bonds. The van der Waals surface area contributed by atoms with Gasteiger partial charge in [0.05, 0.1) is 5.69 Å². The van der Waals surface area contributed by atoms with Crippen molar-refractivity contribution < 1.29 is 4.42 Å². The molecule has 1 atom stereocenters. The highest BCUT2D eigenvalue weighted by Gasteiger charge is 2.23. The van der Waals surface area contributed by atoms with E-state index >= 15 is 0 Å². The highest BCUT2D eigenvalue weighted by Crippen LogP contribution is 2.36. The van der Waals surface area contributed by atoms with Crippen LogP contribution in [0.2, 0.25) is 0 Å². The van der Waals surface area contributed by atoms with E-state index in [1.165, 1.54) is 10.8 Å². The molecule has 3 nitrogen and oxygen atoms in total. The number of fused-ring (bicyclic) bond motifs is 3. The maximum absolute atomic E-state index is 6.09. The predicted molar refractivity (Wildman–Crippen MR) is 82.6 cm³/mol. The van der Waals surface area contributed by atoms with Crippen molar-refractivity contribution >= 4 is 27.6 Å². The van der Waals surface area contributed by atoms with E-state index in [0.29, 0.717) is 6.17 Å². The van der Waals surface area contributed by atoms with Gasteiger partial charge in [-0.3, -0.25) is 0 Å². The lowest BCUT2D eigenvalue weighted by atomic mass is 10.1. The number of nitrogens with zero attached hydrogens (tertiary/aromatic N) is 2. The van der Waals surface area contributed by atoms with Crippen LogP contribution in [0.3, 0.4) is 0 Å². The molecule has 0 radical (unpaired) electrons. The summed E-state index contributed by atoms with van der Waals surface area (Å²) in [6.45, 7) is 2.18. The second-order valence-corrected chi connectivity index (χ2v) is 5.25. The molecule has 0 saturated heterocycles. The van der Waals surface area contributed by atoms with Crippen molar-refractivity contribution in [3.8, 4) is 0 Å². The van der Waals surface area contributed by atoms with Crippen LogP contribution in [0.25, 0.3) is 21.9 Å². The third-order valence-corrected chi connectivity index (χ3v) is 4.12. The van der Waals surface area contributed by atoms with E-state index in [9.17, 15) is 0 Å². The Hall–Kier alpha value is -2.42. The van der Waals surface area contributed by atoms with Gasteiger partial charge in [-0.2, -0.15) is 0 Å². The van der Waals surface area contributed by atoms with Crippen molar-refractivity contribution in [3.05, 3.63) is 54.9 Å². The average molecular weight is 264 g/mol. The Kier molecular flexibility index (Phi) is 2.30. The molecule has 0 bridgehead atoms. The summed E-state index contributed by atoms with van der Waals surface area (Å²) in [5.74, 6) is 0. The zero-order valence-corrected chi connectivity index (χ0v) is 11.6. The molecule has 1 unspecified atom stereocenters. The lowest BCUT2D eigenvalue weighted by molar-refractivity contribution is 0.383. The van der Waals surface area contributed by atoms with Crippen molar-refractivity contribution in [1.29, 1.82) is 0 Å². The fraction of sp³-hybridized carbons (Fsp3) is 0.176. The van der Waals surface area contributed by atoms with Crippen molar-refractivity contribution in [2.24, 2.45) is 0 Å². The molecule has 3 heteroatoms. The number of furan rings is 1. The van der Waals surface area contributed by atoms with Gasteiger partial charge in [-0.1, -0.05) is 30.3 Å². The zero-order chi connectivity index (χ0) is 13.7. The fourth-order valence-corrected chi connectivity index (χ4v) is 2.84. The Labute approximate surface area is 117 Å². The number of rotatable bonds is 1. The molecular weight excluding hydrogens is 248 g/mol. The third kappa shape index (κ3) is 1.46. The molecule has 3 aromatic rings. The van der Waals surface area contributed by atoms with Crippen molar-refractivity contribution in [2.75, 3.05) is 11.9 Å². The highest BCUT2D eigenvalue weighted by atomic mass is 16.3. The summed E-state index contributed by atoms with van der Waals surface area (Å²) in [6.07, 6.45) is 4.49. The molecule has 20 heavy (non-hydrogen) atoms. The van der Waals surface area contributed by atoms with Gasteiger partial charge in [-0.05, 0) is 19.1 Å². The molecular formula is C17H16N2O. The standard InChI is InChI=1S/C17H16N2O/c1-12-18(2)10-11-19(12)15-8-5-7-14-13-6-3-4-9-16(13)20-17(14)15/h3-12H,1-2H3. The molecule has 0 saturated carbocycles. The van der Waals surface area contributed by atoms with Crippen LogP contribution in [0, 0.1) is 0 Å². The first kappa shape index (κ1) is 11.4. The molecule has 0 aliphatic carbocycles. The largest absolute Gasteiger partial charge is 0.454 e. The summed E-state index contributed by atoms with van der Waals surface area (Å²) >= 11 is 0. The normalized spacial score (nSPS) is 18.6. The van der Waals surface area contributed by atoms with E-state index in [4.69, 9.17) is 4.42 Å². The van der Waals surface area contributed by atoms with Crippen LogP contribution in [0.15, 0.2) is 59.3 Å². The Morgan fingerprint density at radius 2 is 1.75 bits per heavy atom. The predicted octanol–water partition coefficient (Wildman–Crippen LogP) is 4.16. The van der Waals surface area contributed by atoms with Crippen LogP contribution < -0.4 is 4.90 Å². The second kappa shape index (κ2) is 4.04. The van der Waals surface area contributed by atoms with E-state index in [1.54, 1.807) is 0 Å². The summed E-state index contributed by atoms with van der Waals surface area (Å²) in [5.41, 5.74) is 3.02. The second-order valence-electron chi connectivity index (χ2n) is 5.25. The van der Waals surface area contributed by atoms with Gasteiger partial charge in [0.1, 0.15) is 11.7 Å². The molecule has 1 aliphatic heterocycles. The summed E-state index contributed by atoms with van der Waals surface area (Å²) in [4.78, 5) is 4.42. The monoisotopic (exact) mass is 264 g/mol. The molecule has 0 spiro atoms. The number of para-hydroxylation sites is 2. The molecule has 2 aromatic carbocycles. The van der Waals surface area contributed by atoms with Crippen LogP contribution in [0.5, 0.6) is 0 Å². The minimum absolute atomic E-state index is 0.300. The van der Waals surface area contributed by atoms with Gasteiger partial charge in [-0.25, -0.2) is 0 Å². The van der Waals surface area contributed by atoms with Crippen LogP contribution in [0.4, 0.5) is 5.69 Å². The first-order chi connectivity index (χ1) is 9.75. The van der Waals surface area contributed by atoms with Gasteiger partial charge in [0.25, 0.3) is 0 Å². The lowest BCUT2D eigenvalue weighted by Gasteiger charge is -2.26. The third-order valence-electron chi connectivity index (χ3n) is 4.12. The first-order valence-corrected chi connectivity index (χ1v) is 6.84. The first-order valence-electron chi connectivity index (χ1n) is 6.84. The minimum Gasteiger partial charge on any atom is -0.454 e. The van der Waals surface area contributed by atoms with Gasteiger partial charge in [-0.15, -0.1) is 0 Å².